The topological polar surface area (TPSA) is 89.6 Å². The van der Waals surface area contributed by atoms with Gasteiger partial charge in [-0.3, -0.25) is 9.36 Å². The molecule has 1 amide bonds. The van der Waals surface area contributed by atoms with Gasteiger partial charge in [0.2, 0.25) is 5.95 Å². The largest absolute Gasteiger partial charge is 0.467 e. The van der Waals surface area contributed by atoms with E-state index in [-0.39, 0.29) is 12.1 Å². The first-order valence-corrected chi connectivity index (χ1v) is 10.2. The van der Waals surface area contributed by atoms with Crippen molar-refractivity contribution in [2.24, 2.45) is 0 Å². The summed E-state index contributed by atoms with van der Waals surface area (Å²) in [4.78, 5) is 32.2. The molecule has 0 saturated heterocycles. The highest BCUT2D eigenvalue weighted by atomic mass is 16.6. The van der Waals surface area contributed by atoms with Crippen LogP contribution in [0.15, 0.2) is 27.6 Å². The molecule has 3 heterocycles. The van der Waals surface area contributed by atoms with Gasteiger partial charge in [0.05, 0.1) is 30.6 Å². The number of hydrogen-bond donors (Lipinski definition) is 1. The lowest BCUT2D eigenvalue weighted by molar-refractivity contribution is 0.0221. The summed E-state index contributed by atoms with van der Waals surface area (Å²) in [5.74, 6) is 1.27. The zero-order valence-electron chi connectivity index (χ0n) is 17.2. The molecule has 0 unspecified atom stereocenters. The van der Waals surface area contributed by atoms with Crippen LogP contribution >= 0.6 is 0 Å². The second-order valence-corrected chi connectivity index (χ2v) is 8.76. The van der Waals surface area contributed by atoms with Gasteiger partial charge < -0.3 is 19.4 Å². The fourth-order valence-corrected chi connectivity index (χ4v) is 3.55. The number of aromatic nitrogens is 2. The number of furan rings is 1. The monoisotopic (exact) mass is 400 g/mol. The van der Waals surface area contributed by atoms with Gasteiger partial charge in [-0.1, -0.05) is 0 Å². The molecule has 0 aromatic carbocycles. The molecule has 1 fully saturated rings. The molecule has 2 aromatic rings. The van der Waals surface area contributed by atoms with E-state index in [1.807, 2.05) is 26.8 Å². The molecule has 4 rings (SSSR count). The Labute approximate surface area is 169 Å². The molecular formula is C21H28N4O4. The van der Waals surface area contributed by atoms with Gasteiger partial charge in [0.1, 0.15) is 11.4 Å². The van der Waals surface area contributed by atoms with E-state index in [0.29, 0.717) is 42.8 Å². The quantitative estimate of drug-likeness (QED) is 0.848. The summed E-state index contributed by atoms with van der Waals surface area (Å²) in [6, 6.07) is 3.99. The molecule has 1 aliphatic carbocycles. The molecule has 2 aliphatic rings. The Morgan fingerprint density at radius 2 is 2.17 bits per heavy atom. The van der Waals surface area contributed by atoms with Crippen molar-refractivity contribution < 1.29 is 13.9 Å². The van der Waals surface area contributed by atoms with Crippen LogP contribution in [0.5, 0.6) is 0 Å². The van der Waals surface area contributed by atoms with Crippen molar-refractivity contribution in [1.29, 1.82) is 0 Å². The van der Waals surface area contributed by atoms with Crippen LogP contribution in [0.4, 0.5) is 10.7 Å². The second-order valence-electron chi connectivity index (χ2n) is 8.76. The molecule has 2 aromatic heterocycles. The molecule has 29 heavy (non-hydrogen) atoms. The van der Waals surface area contributed by atoms with E-state index in [0.717, 1.165) is 18.5 Å². The molecule has 0 spiro atoms. The summed E-state index contributed by atoms with van der Waals surface area (Å²) >= 11 is 0. The first kappa shape index (κ1) is 19.5. The summed E-state index contributed by atoms with van der Waals surface area (Å²) in [6.45, 7) is 6.49. The third-order valence-electron chi connectivity index (χ3n) is 5.30. The Balaban J connectivity index is 1.65. The van der Waals surface area contributed by atoms with E-state index in [1.54, 1.807) is 21.8 Å². The fraction of sp³-hybridized carbons (Fsp3) is 0.571. The highest BCUT2D eigenvalue weighted by molar-refractivity contribution is 5.68. The van der Waals surface area contributed by atoms with Crippen LogP contribution in [0.3, 0.4) is 0 Å². The summed E-state index contributed by atoms with van der Waals surface area (Å²) in [6.07, 6.45) is 5.08. The van der Waals surface area contributed by atoms with Gasteiger partial charge in [0.25, 0.3) is 5.56 Å². The molecule has 0 radical (unpaired) electrons. The first-order chi connectivity index (χ1) is 13.8. The lowest BCUT2D eigenvalue weighted by Gasteiger charge is -2.32. The number of nitrogens with one attached hydrogen (secondary N) is 1. The fourth-order valence-electron chi connectivity index (χ4n) is 3.55. The van der Waals surface area contributed by atoms with Gasteiger partial charge in [-0.15, -0.1) is 0 Å². The molecule has 0 bridgehead atoms. The third kappa shape index (κ3) is 4.31. The summed E-state index contributed by atoms with van der Waals surface area (Å²) in [5.41, 5.74) is 0.590. The summed E-state index contributed by atoms with van der Waals surface area (Å²) in [5, 5.41) is 3.42. The maximum absolute atomic E-state index is 13.4. The van der Waals surface area contributed by atoms with Gasteiger partial charge in [-0.2, -0.15) is 0 Å². The van der Waals surface area contributed by atoms with Gasteiger partial charge in [0, 0.05) is 19.0 Å². The maximum Gasteiger partial charge on any atom is 0.410 e. The Bertz CT molecular complexity index is 939. The zero-order valence-corrected chi connectivity index (χ0v) is 17.2. The Kier molecular flexibility index (Phi) is 5.10. The van der Waals surface area contributed by atoms with Crippen LogP contribution in [0.1, 0.15) is 57.1 Å². The lowest BCUT2D eigenvalue weighted by Crippen LogP contribution is -2.44. The predicted octanol–water partition coefficient (Wildman–Crippen LogP) is 3.14. The van der Waals surface area contributed by atoms with Crippen LogP contribution in [0.2, 0.25) is 0 Å². The number of hydrogen-bond acceptors (Lipinski definition) is 6. The molecule has 156 valence electrons. The van der Waals surface area contributed by atoms with Crippen molar-refractivity contribution in [3.8, 4) is 0 Å². The van der Waals surface area contributed by atoms with Crippen LogP contribution < -0.4 is 10.9 Å². The van der Waals surface area contributed by atoms with Gasteiger partial charge >= 0.3 is 6.09 Å². The molecule has 0 atom stereocenters. The lowest BCUT2D eigenvalue weighted by atomic mass is 9.93. The Hall–Kier alpha value is -2.77. The molecular weight excluding hydrogens is 372 g/mol. The standard InChI is InChI=1S/C21H28N4O4/c1-21(2,3)29-20(27)24-10-9-17-16(13-24)18(26)25(12-15-8-5-11-28-15)19(23-17)22-14-6-4-7-14/h5,8,11,14H,4,6-7,9-10,12-13H2,1-3H3,(H,22,23). The maximum atomic E-state index is 13.4. The van der Waals surface area contributed by atoms with E-state index >= 15 is 0 Å². The van der Waals surface area contributed by atoms with Gasteiger partial charge in [-0.25, -0.2) is 9.78 Å². The molecule has 8 nitrogen and oxygen atoms in total. The summed E-state index contributed by atoms with van der Waals surface area (Å²) in [7, 11) is 0. The number of amides is 1. The number of anilines is 1. The first-order valence-electron chi connectivity index (χ1n) is 10.2. The number of fused-ring (bicyclic) bond motifs is 1. The minimum atomic E-state index is -0.578. The Morgan fingerprint density at radius 3 is 2.79 bits per heavy atom. The minimum Gasteiger partial charge on any atom is -0.467 e. The number of carbonyl (C=O) groups is 1. The molecule has 1 N–H and O–H groups in total. The van der Waals surface area contributed by atoms with E-state index < -0.39 is 11.7 Å². The van der Waals surface area contributed by atoms with Crippen molar-refractivity contribution in [3.63, 3.8) is 0 Å². The van der Waals surface area contributed by atoms with E-state index in [2.05, 4.69) is 5.32 Å². The minimum absolute atomic E-state index is 0.138. The zero-order chi connectivity index (χ0) is 20.6. The third-order valence-corrected chi connectivity index (χ3v) is 5.30. The van der Waals surface area contributed by atoms with E-state index in [1.165, 1.54) is 6.42 Å². The smallest absolute Gasteiger partial charge is 0.410 e. The van der Waals surface area contributed by atoms with E-state index in [4.69, 9.17) is 14.1 Å². The predicted molar refractivity (Wildman–Crippen MR) is 108 cm³/mol. The molecule has 8 heteroatoms. The number of ether oxygens (including phenoxy) is 1. The SMILES string of the molecule is CC(C)(C)OC(=O)N1CCc2nc(NC3CCC3)n(Cc3ccco3)c(=O)c2C1. The van der Waals surface area contributed by atoms with Crippen molar-refractivity contribution in [1.82, 2.24) is 14.5 Å². The van der Waals surface area contributed by atoms with Crippen molar-refractivity contribution >= 4 is 12.0 Å². The van der Waals surface area contributed by atoms with Crippen molar-refractivity contribution in [2.75, 3.05) is 11.9 Å². The number of rotatable bonds is 4. The van der Waals surface area contributed by atoms with Crippen LogP contribution in [0.25, 0.3) is 0 Å². The second kappa shape index (κ2) is 7.57. The molecule has 1 saturated carbocycles. The average molecular weight is 400 g/mol. The van der Waals surface area contributed by atoms with Crippen LogP contribution in [-0.4, -0.2) is 38.7 Å². The van der Waals surface area contributed by atoms with E-state index in [9.17, 15) is 9.59 Å². The van der Waals surface area contributed by atoms with Crippen molar-refractivity contribution in [3.05, 3.63) is 45.8 Å². The number of carbonyl (C=O) groups excluding carboxylic acids is 1. The normalized spacial score (nSPS) is 16.9. The van der Waals surface area contributed by atoms with Gasteiger partial charge in [0.15, 0.2) is 0 Å². The van der Waals surface area contributed by atoms with Gasteiger partial charge in [-0.05, 0) is 52.2 Å². The van der Waals surface area contributed by atoms with Crippen LogP contribution in [-0.2, 0) is 24.2 Å². The average Bonchev–Trinajstić information content (AvgIpc) is 3.12. The van der Waals surface area contributed by atoms with Crippen molar-refractivity contribution in [2.45, 2.75) is 71.2 Å². The number of nitrogens with zero attached hydrogens (tertiary/aromatic N) is 3. The summed E-state index contributed by atoms with van der Waals surface area (Å²) < 4.78 is 12.5. The molecule has 1 aliphatic heterocycles. The van der Waals surface area contributed by atoms with Crippen LogP contribution in [0, 0.1) is 0 Å². The highest BCUT2D eigenvalue weighted by Gasteiger charge is 2.30. The highest BCUT2D eigenvalue weighted by Crippen LogP contribution is 2.24. The Morgan fingerprint density at radius 1 is 1.38 bits per heavy atom.